The molecule has 2 N–H and O–H groups in total. The van der Waals surface area contributed by atoms with Crippen molar-refractivity contribution in [2.24, 2.45) is 0 Å². The standard InChI is InChI=1S/C20H11F6N5O2/c21-19(22,23)15-6-11(4-5-27-15)30-18(33)13-9-29-31(17(13)20(24,25)26)14-3-1-2-10-8-28-16(32)7-12(10)14/h1-9H,(H,28,32)(H,27,30,33). The molecule has 33 heavy (non-hydrogen) atoms. The lowest BCUT2D eigenvalue weighted by Gasteiger charge is -2.14. The van der Waals surface area contributed by atoms with Crippen LogP contribution in [0.3, 0.4) is 0 Å². The monoisotopic (exact) mass is 467 g/mol. The summed E-state index contributed by atoms with van der Waals surface area (Å²) in [5.41, 5.74) is -4.79. The quantitative estimate of drug-likeness (QED) is 0.437. The van der Waals surface area contributed by atoms with E-state index in [2.05, 4.69) is 15.1 Å². The molecule has 4 aromatic rings. The van der Waals surface area contributed by atoms with Gasteiger partial charge in [0.15, 0.2) is 5.69 Å². The second-order valence-electron chi connectivity index (χ2n) is 6.78. The Hall–Kier alpha value is -4.16. The lowest BCUT2D eigenvalue weighted by Crippen LogP contribution is -2.21. The van der Waals surface area contributed by atoms with E-state index in [4.69, 9.17) is 0 Å². The number of fused-ring (bicyclic) bond motifs is 1. The molecule has 0 spiro atoms. The summed E-state index contributed by atoms with van der Waals surface area (Å²) in [5.74, 6) is -1.33. The number of alkyl halides is 6. The highest BCUT2D eigenvalue weighted by Crippen LogP contribution is 2.35. The van der Waals surface area contributed by atoms with Crippen LogP contribution in [0, 0.1) is 0 Å². The molecule has 3 aromatic heterocycles. The lowest BCUT2D eigenvalue weighted by molar-refractivity contribution is -0.143. The Morgan fingerprint density at radius 2 is 1.79 bits per heavy atom. The molecule has 1 aromatic carbocycles. The van der Waals surface area contributed by atoms with Crippen LogP contribution in [-0.2, 0) is 12.4 Å². The van der Waals surface area contributed by atoms with E-state index >= 15 is 0 Å². The summed E-state index contributed by atoms with van der Waals surface area (Å²) in [4.78, 5) is 29.8. The van der Waals surface area contributed by atoms with Gasteiger partial charge < -0.3 is 10.3 Å². The fourth-order valence-electron chi connectivity index (χ4n) is 3.19. The van der Waals surface area contributed by atoms with E-state index in [0.29, 0.717) is 22.3 Å². The molecule has 0 saturated heterocycles. The molecule has 0 radical (unpaired) electrons. The van der Waals surface area contributed by atoms with Gasteiger partial charge in [-0.15, -0.1) is 0 Å². The number of amides is 1. The molecule has 170 valence electrons. The zero-order valence-electron chi connectivity index (χ0n) is 16.1. The number of aromatic nitrogens is 4. The average Bonchev–Trinajstić information content (AvgIpc) is 3.18. The Morgan fingerprint density at radius 1 is 1.03 bits per heavy atom. The summed E-state index contributed by atoms with van der Waals surface area (Å²) in [7, 11) is 0. The minimum absolute atomic E-state index is 0.117. The molecule has 0 fully saturated rings. The molecular formula is C20H11F6N5O2. The smallest absolute Gasteiger partial charge is 0.328 e. The summed E-state index contributed by atoms with van der Waals surface area (Å²) in [6.07, 6.45) is -7.15. The Balaban J connectivity index is 1.81. The van der Waals surface area contributed by atoms with Crippen LogP contribution >= 0.6 is 0 Å². The van der Waals surface area contributed by atoms with Crippen molar-refractivity contribution in [2.75, 3.05) is 5.32 Å². The fourth-order valence-corrected chi connectivity index (χ4v) is 3.19. The van der Waals surface area contributed by atoms with E-state index in [9.17, 15) is 35.9 Å². The van der Waals surface area contributed by atoms with Crippen LogP contribution in [0.25, 0.3) is 16.5 Å². The van der Waals surface area contributed by atoms with Gasteiger partial charge in [0, 0.05) is 34.9 Å². The number of carbonyl (C=O) groups is 1. The van der Waals surface area contributed by atoms with Crippen LogP contribution in [-0.4, -0.2) is 25.7 Å². The Bertz CT molecular complexity index is 1420. The van der Waals surface area contributed by atoms with Crippen LogP contribution in [0.2, 0.25) is 0 Å². The molecule has 0 aliphatic carbocycles. The van der Waals surface area contributed by atoms with Crippen molar-refractivity contribution >= 4 is 22.4 Å². The predicted octanol–water partition coefficient (Wildman–Crippen LogP) is 4.40. The van der Waals surface area contributed by atoms with Gasteiger partial charge in [0.1, 0.15) is 5.69 Å². The maximum absolute atomic E-state index is 14.0. The molecular weight excluding hydrogens is 456 g/mol. The highest BCUT2D eigenvalue weighted by Gasteiger charge is 2.41. The van der Waals surface area contributed by atoms with Crippen molar-refractivity contribution < 1.29 is 31.1 Å². The zero-order chi connectivity index (χ0) is 24.0. The molecule has 4 rings (SSSR count). The van der Waals surface area contributed by atoms with Gasteiger partial charge in [-0.2, -0.15) is 31.4 Å². The lowest BCUT2D eigenvalue weighted by atomic mass is 10.1. The highest BCUT2D eigenvalue weighted by atomic mass is 19.4. The van der Waals surface area contributed by atoms with E-state index in [-0.39, 0.29) is 11.1 Å². The first kappa shape index (κ1) is 22.0. The van der Waals surface area contributed by atoms with Crippen molar-refractivity contribution in [3.8, 4) is 5.69 Å². The Kier molecular flexibility index (Phi) is 5.18. The van der Waals surface area contributed by atoms with E-state index in [1.54, 1.807) is 6.07 Å². The molecule has 3 heterocycles. The van der Waals surface area contributed by atoms with Gasteiger partial charge in [-0.25, -0.2) is 4.68 Å². The largest absolute Gasteiger partial charge is 0.434 e. The van der Waals surface area contributed by atoms with Gasteiger partial charge in [0.25, 0.3) is 5.91 Å². The maximum Gasteiger partial charge on any atom is 0.434 e. The third-order valence-corrected chi connectivity index (χ3v) is 4.58. The zero-order valence-corrected chi connectivity index (χ0v) is 16.1. The number of rotatable bonds is 3. The van der Waals surface area contributed by atoms with Crippen molar-refractivity contribution in [1.82, 2.24) is 19.7 Å². The second-order valence-corrected chi connectivity index (χ2v) is 6.78. The van der Waals surface area contributed by atoms with Crippen molar-refractivity contribution in [3.63, 3.8) is 0 Å². The molecule has 7 nitrogen and oxygen atoms in total. The number of carbonyl (C=O) groups excluding carboxylic acids is 1. The molecule has 0 atom stereocenters. The van der Waals surface area contributed by atoms with Crippen LogP contribution in [0.5, 0.6) is 0 Å². The molecule has 0 aliphatic heterocycles. The van der Waals surface area contributed by atoms with Crippen molar-refractivity contribution in [3.05, 3.63) is 82.3 Å². The SMILES string of the molecule is O=C(Nc1ccnc(C(F)(F)F)c1)c1cnn(-c2cccc3c[nH]c(=O)cc23)c1C(F)(F)F. The molecule has 0 unspecified atom stereocenters. The first-order valence-electron chi connectivity index (χ1n) is 9.07. The van der Waals surface area contributed by atoms with E-state index in [0.717, 1.165) is 18.3 Å². The van der Waals surface area contributed by atoms with Crippen LogP contribution in [0.1, 0.15) is 21.7 Å². The minimum atomic E-state index is -5.07. The fraction of sp³-hybridized carbons (Fsp3) is 0.100. The van der Waals surface area contributed by atoms with Gasteiger partial charge in [-0.05, 0) is 18.2 Å². The van der Waals surface area contributed by atoms with E-state index in [1.807, 2.05) is 5.32 Å². The number of halogens is 6. The van der Waals surface area contributed by atoms with Crippen molar-refractivity contribution in [1.29, 1.82) is 0 Å². The number of nitrogens with one attached hydrogen (secondary N) is 2. The molecule has 0 saturated carbocycles. The molecule has 13 heteroatoms. The number of H-pyrrole nitrogens is 1. The highest BCUT2D eigenvalue weighted by molar-refractivity contribution is 6.05. The number of benzene rings is 1. The van der Waals surface area contributed by atoms with Crippen LogP contribution in [0.4, 0.5) is 32.0 Å². The number of nitrogens with zero attached hydrogens (tertiary/aromatic N) is 3. The first-order valence-corrected chi connectivity index (χ1v) is 9.07. The molecule has 1 amide bonds. The summed E-state index contributed by atoms with van der Waals surface area (Å²) in [5, 5.41) is 6.25. The number of hydrogen-bond donors (Lipinski definition) is 2. The Morgan fingerprint density at radius 3 is 2.48 bits per heavy atom. The van der Waals surface area contributed by atoms with E-state index < -0.39 is 46.5 Å². The Labute approximate surface area is 179 Å². The summed E-state index contributed by atoms with van der Waals surface area (Å²) < 4.78 is 80.8. The summed E-state index contributed by atoms with van der Waals surface area (Å²) in [6, 6.07) is 6.86. The van der Waals surface area contributed by atoms with Crippen LogP contribution < -0.4 is 10.9 Å². The number of hydrogen-bond acceptors (Lipinski definition) is 4. The summed E-state index contributed by atoms with van der Waals surface area (Å²) in [6.45, 7) is 0. The van der Waals surface area contributed by atoms with Gasteiger partial charge in [-0.1, -0.05) is 12.1 Å². The topological polar surface area (TPSA) is 92.7 Å². The van der Waals surface area contributed by atoms with Gasteiger partial charge in [0.05, 0.1) is 17.4 Å². The van der Waals surface area contributed by atoms with E-state index in [1.165, 1.54) is 18.3 Å². The minimum Gasteiger partial charge on any atom is -0.328 e. The molecule has 0 bridgehead atoms. The third-order valence-electron chi connectivity index (χ3n) is 4.58. The third kappa shape index (κ3) is 4.29. The maximum atomic E-state index is 14.0. The van der Waals surface area contributed by atoms with Gasteiger partial charge >= 0.3 is 12.4 Å². The summed E-state index contributed by atoms with van der Waals surface area (Å²) >= 11 is 0. The normalized spacial score (nSPS) is 12.2. The van der Waals surface area contributed by atoms with Gasteiger partial charge in [-0.3, -0.25) is 14.6 Å². The van der Waals surface area contributed by atoms with Crippen LogP contribution in [0.15, 0.2) is 59.8 Å². The first-order chi connectivity index (χ1) is 15.4. The molecule has 0 aliphatic rings. The second kappa shape index (κ2) is 7.76. The van der Waals surface area contributed by atoms with Gasteiger partial charge in [0.2, 0.25) is 5.56 Å². The number of aromatic amines is 1. The average molecular weight is 467 g/mol. The predicted molar refractivity (Wildman–Crippen MR) is 104 cm³/mol. The van der Waals surface area contributed by atoms with Crippen molar-refractivity contribution in [2.45, 2.75) is 12.4 Å². The number of anilines is 1. The number of pyridine rings is 2.